The first-order valence-corrected chi connectivity index (χ1v) is 6.87. The molecule has 0 radical (unpaired) electrons. The second-order valence-corrected chi connectivity index (χ2v) is 3.44. The molecule has 0 saturated carbocycles. The predicted molar refractivity (Wildman–Crippen MR) is 71.6 cm³/mol. The molecule has 0 aliphatic carbocycles. The summed E-state index contributed by atoms with van der Waals surface area (Å²) in [7, 11) is -4.94. The van der Waals surface area contributed by atoms with Crippen LogP contribution in [0.3, 0.4) is 0 Å². The number of carbonyl (C=O) groups is 2. The van der Waals surface area contributed by atoms with Gasteiger partial charge < -0.3 is 65.2 Å². The number of hydrogen-bond donors (Lipinski definition) is 6. The first kappa shape index (κ1) is 49.9. The molecule has 166 valence electrons. The van der Waals surface area contributed by atoms with Gasteiger partial charge in [0, 0.05) is 39.3 Å². The topological polar surface area (TPSA) is 392 Å². The molecule has 0 aromatic rings. The summed E-state index contributed by atoms with van der Waals surface area (Å²) in [4.78, 5) is 17.9. The van der Waals surface area contributed by atoms with Crippen molar-refractivity contribution < 1.29 is 76.4 Å². The summed E-state index contributed by atoms with van der Waals surface area (Å²) >= 11 is 0. The normalized spacial score (nSPS) is 7.46. The van der Waals surface area contributed by atoms with Crippen molar-refractivity contribution in [3.8, 4) is 0 Å². The Balaban J connectivity index is -0.0000000255. The number of hydrogen-bond acceptors (Lipinski definition) is 14. The number of carboxylic acids is 2. The summed E-state index contributed by atoms with van der Waals surface area (Å²) in [5.41, 5.74) is 29.4. The second kappa shape index (κ2) is 44.1. The fourth-order valence-electron chi connectivity index (χ4n) is 0. The van der Waals surface area contributed by atoms with Gasteiger partial charge in [-0.3, -0.25) is 0 Å². The van der Waals surface area contributed by atoms with Crippen LogP contribution < -0.4 is 63.3 Å². The van der Waals surface area contributed by atoms with Gasteiger partial charge in [-0.1, -0.05) is 0 Å². The minimum atomic E-state index is -4.94. The number of nitrogens with two attached hydrogens (primary N) is 6. The molecule has 18 heteroatoms. The van der Waals surface area contributed by atoms with Gasteiger partial charge in [-0.2, -0.15) is 0 Å². The van der Waals surface area contributed by atoms with E-state index in [0.717, 1.165) is 0 Å². The first-order chi connectivity index (χ1) is 10.4. The number of rotatable bonds is 3. The van der Waals surface area contributed by atoms with Gasteiger partial charge in [-0.05, 0) is 0 Å². The Morgan fingerprint density at radius 2 is 0.654 bits per heavy atom. The molecule has 0 aliphatic rings. The van der Waals surface area contributed by atoms with Crippen molar-refractivity contribution in [3.63, 3.8) is 0 Å². The quantitative estimate of drug-likeness (QED) is 0.212. The third kappa shape index (κ3) is 294. The molecule has 0 aliphatic heterocycles. The molecule has 0 aromatic carbocycles. The minimum Gasteiger partial charge on any atom is -0.543 e. The van der Waals surface area contributed by atoms with Crippen LogP contribution in [0.25, 0.3) is 0 Å². The first-order valence-electron chi connectivity index (χ1n) is 5.63. The minimum absolute atomic E-state index is 0. The van der Waals surface area contributed by atoms with Gasteiger partial charge in [0.2, 0.25) is 0 Å². The van der Waals surface area contributed by atoms with Crippen LogP contribution in [0.4, 0.5) is 0 Å². The molecule has 0 amide bonds. The molecule has 0 rings (SSSR count). The molecule has 26 heavy (non-hydrogen) atoms. The van der Waals surface area contributed by atoms with E-state index in [2.05, 4.69) is 0 Å². The van der Waals surface area contributed by atoms with Crippen molar-refractivity contribution in [1.82, 2.24) is 0 Å². The van der Waals surface area contributed by atoms with E-state index >= 15 is 0 Å². The third-order valence-electron chi connectivity index (χ3n) is 0.667. The maximum Gasteiger partial charge on any atom is 3.00 e. The zero-order valence-corrected chi connectivity index (χ0v) is 15.5. The molecule has 0 unspecified atom stereocenters. The molecule has 0 atom stereocenters. The summed E-state index contributed by atoms with van der Waals surface area (Å²) in [6.07, 6.45) is 0. The monoisotopic (exact) mass is 462 g/mol. The van der Waals surface area contributed by atoms with Crippen LogP contribution in [-0.2, 0) is 26.4 Å². The van der Waals surface area contributed by atoms with Crippen molar-refractivity contribution in [1.29, 1.82) is 0 Å². The van der Waals surface area contributed by atoms with Gasteiger partial charge in [0.1, 0.15) is 0 Å². The zero-order valence-electron chi connectivity index (χ0n) is 13.7. The Morgan fingerprint density at radius 3 is 0.654 bits per heavy atom. The van der Waals surface area contributed by atoms with E-state index in [9.17, 15) is 0 Å². The summed E-state index contributed by atoms with van der Waals surface area (Å²) < 4.78 is 34.0. The van der Waals surface area contributed by atoms with Gasteiger partial charge in [0.05, 0.1) is 11.9 Å². The molecule has 16 N–H and O–H groups in total. The summed E-state index contributed by atoms with van der Waals surface area (Å²) in [5.74, 6) is -4.37. The van der Waals surface area contributed by atoms with Crippen molar-refractivity contribution in [2.75, 3.05) is 39.3 Å². The molecule has 0 saturated heterocycles. The Hall–Kier alpha value is -0.744. The van der Waals surface area contributed by atoms with Crippen LogP contribution in [0, 0.1) is 10.2 Å². The molecule has 0 spiro atoms. The van der Waals surface area contributed by atoms with Crippen LogP contribution in [0.1, 0.15) is 0 Å². The van der Waals surface area contributed by atoms with Crippen molar-refractivity contribution >= 4 is 11.9 Å². The van der Waals surface area contributed by atoms with Gasteiger partial charge in [-0.25, -0.2) is 18.6 Å². The van der Waals surface area contributed by atoms with Crippen molar-refractivity contribution in [2.45, 2.75) is 0 Å². The maximum atomic E-state index is 8.93. The van der Waals surface area contributed by atoms with Crippen molar-refractivity contribution in [3.05, 3.63) is 0 Å². The molecule has 0 fully saturated rings. The maximum absolute atomic E-state index is 8.93. The van der Waals surface area contributed by atoms with E-state index in [1.807, 2.05) is 0 Å². The van der Waals surface area contributed by atoms with Crippen LogP contribution in [0.15, 0.2) is 0 Å². The Kier molecular flexibility index (Phi) is 84.6. The Morgan fingerprint density at radius 1 is 0.577 bits per heavy atom. The second-order valence-electron chi connectivity index (χ2n) is 2.68. The molecular formula is C8H28ClCoN6O10. The van der Waals surface area contributed by atoms with Gasteiger partial charge in [-0.15, -0.1) is 10.2 Å². The van der Waals surface area contributed by atoms with Crippen LogP contribution >= 0.6 is 0 Å². The van der Waals surface area contributed by atoms with E-state index in [-0.39, 0.29) is 27.7 Å². The Labute approximate surface area is 162 Å². The standard InChI is InChI=1S/3C2H8N2.C2H2O4.ClHO4.Co.2H2O/c3*3-1-2-4;3-1(4)2(5)6;2-1(3,4)5;;;/h3*1-4H2;(H,3,4)(H,5,6);(H,2,3,4,5);;2*1H2/q;;;;;+3;;/p-3. The van der Waals surface area contributed by atoms with E-state index in [1.165, 1.54) is 0 Å². The Bertz CT molecular complexity index is 219. The van der Waals surface area contributed by atoms with Crippen LogP contribution in [0.2, 0.25) is 0 Å². The molecule has 0 bridgehead atoms. The van der Waals surface area contributed by atoms with Gasteiger partial charge in [0.25, 0.3) is 0 Å². The molecule has 16 nitrogen and oxygen atoms in total. The van der Waals surface area contributed by atoms with E-state index in [4.69, 9.17) is 72.8 Å². The fourth-order valence-corrected chi connectivity index (χ4v) is 0. The van der Waals surface area contributed by atoms with E-state index in [0.29, 0.717) is 39.3 Å². The number of carbonyl (C=O) groups excluding carboxylic acids is 2. The third-order valence-corrected chi connectivity index (χ3v) is 0.667. The van der Waals surface area contributed by atoms with Crippen LogP contribution in [-0.4, -0.2) is 62.2 Å². The average Bonchev–Trinajstić information content (AvgIpc) is 2.46. The summed E-state index contributed by atoms with van der Waals surface area (Å²) in [6.45, 7) is 3.58. The fraction of sp³-hybridized carbons (Fsp3) is 0.750. The average molecular weight is 463 g/mol. The zero-order chi connectivity index (χ0) is 19.9. The molecule has 0 aromatic heterocycles. The van der Waals surface area contributed by atoms with Crippen LogP contribution in [0.5, 0.6) is 0 Å². The number of aliphatic carboxylic acids is 2. The molecule has 0 heterocycles. The van der Waals surface area contributed by atoms with E-state index < -0.39 is 22.2 Å². The number of carboxylic acid groups (broad SMARTS) is 2. The smallest absolute Gasteiger partial charge is 0.543 e. The van der Waals surface area contributed by atoms with E-state index in [1.54, 1.807) is 0 Å². The SMILES string of the molecule is NCCN.NCCN.NCCN.O.O.O=C([O-])C(=O)[O-].[Co+3].[O-][Cl+3]([O-])([O-])[O-]. The van der Waals surface area contributed by atoms with Crippen molar-refractivity contribution in [2.24, 2.45) is 34.4 Å². The number of halogens is 1. The predicted octanol–water partition coefficient (Wildman–Crippen LogP) is -13.2. The molecular weight excluding hydrogens is 435 g/mol. The van der Waals surface area contributed by atoms with Gasteiger partial charge in [0.15, 0.2) is 0 Å². The largest absolute Gasteiger partial charge is 3.00 e. The summed E-state index contributed by atoms with van der Waals surface area (Å²) in [6, 6.07) is 0. The summed E-state index contributed by atoms with van der Waals surface area (Å²) in [5, 5.41) is 17.9. The van der Waals surface area contributed by atoms with Gasteiger partial charge >= 0.3 is 16.8 Å².